The van der Waals surface area contributed by atoms with Crippen molar-refractivity contribution in [1.82, 2.24) is 31.6 Å². The van der Waals surface area contributed by atoms with Crippen LogP contribution in [-0.2, 0) is 25.6 Å². The van der Waals surface area contributed by atoms with Gasteiger partial charge in [0.25, 0.3) is 0 Å². The average Bonchev–Trinajstić information content (AvgIpc) is 3.31. The van der Waals surface area contributed by atoms with Gasteiger partial charge in [0.15, 0.2) is 0 Å². The Morgan fingerprint density at radius 1 is 0.659 bits per heavy atom. The van der Waals surface area contributed by atoms with Crippen LogP contribution < -0.4 is 26.6 Å². The molecule has 0 aliphatic heterocycles. The van der Waals surface area contributed by atoms with Crippen LogP contribution in [0.1, 0.15) is 61.0 Å². The van der Waals surface area contributed by atoms with Gasteiger partial charge in [-0.1, -0.05) is 73.6 Å². The maximum Gasteiger partial charge on any atom is 0.243 e. The van der Waals surface area contributed by atoms with E-state index in [9.17, 15) is 19.2 Å². The molecule has 4 atom stereocenters. The van der Waals surface area contributed by atoms with E-state index in [2.05, 4.69) is 31.6 Å². The second-order valence-corrected chi connectivity index (χ2v) is 12.1. The molecule has 0 bridgehead atoms. The summed E-state index contributed by atoms with van der Waals surface area (Å²) >= 11 is 0. The predicted molar refractivity (Wildman–Crippen MR) is 163 cm³/mol. The van der Waals surface area contributed by atoms with E-state index in [1.807, 2.05) is 85.9 Å². The van der Waals surface area contributed by atoms with Crippen LogP contribution in [-0.4, -0.2) is 66.4 Å². The van der Waals surface area contributed by atoms with Gasteiger partial charge in [-0.15, -0.1) is 0 Å². The Morgan fingerprint density at radius 3 is 1.56 bits per heavy atom. The first-order valence-electron chi connectivity index (χ1n) is 14.7. The van der Waals surface area contributed by atoms with Crippen LogP contribution in [0.4, 0.5) is 0 Å². The van der Waals surface area contributed by atoms with Gasteiger partial charge < -0.3 is 31.6 Å². The normalized spacial score (nSPS) is 14.7. The SMILES string of the molecule is CN[C@H](C(=O)N[C@H](C(=O)N[C@H](C(=O)N[C@H](C(=O)NCCc1c[nH]c2ccccc12)C(C)C)C(C)C)C(C)C)C(C)C. The van der Waals surface area contributed by atoms with E-state index in [4.69, 9.17) is 0 Å². The highest BCUT2D eigenvalue weighted by atomic mass is 16.2. The number of rotatable bonds is 15. The number of benzene rings is 1. The first kappa shape index (κ1) is 33.8. The number of carbonyl (C=O) groups is 4. The first-order chi connectivity index (χ1) is 19.3. The molecule has 228 valence electrons. The summed E-state index contributed by atoms with van der Waals surface area (Å²) < 4.78 is 0. The summed E-state index contributed by atoms with van der Waals surface area (Å²) in [6.45, 7) is 15.3. The fraction of sp³-hybridized carbons (Fsp3) is 0.613. The van der Waals surface area contributed by atoms with Gasteiger partial charge in [0.2, 0.25) is 23.6 Å². The van der Waals surface area contributed by atoms with Gasteiger partial charge >= 0.3 is 0 Å². The molecule has 41 heavy (non-hydrogen) atoms. The molecule has 0 saturated heterocycles. The molecule has 0 fully saturated rings. The van der Waals surface area contributed by atoms with Gasteiger partial charge in [-0.05, 0) is 48.8 Å². The Labute approximate surface area is 244 Å². The maximum absolute atomic E-state index is 13.4. The number of carbonyl (C=O) groups excluding carboxylic acids is 4. The summed E-state index contributed by atoms with van der Waals surface area (Å²) in [5.74, 6) is -2.02. The zero-order chi connectivity index (χ0) is 30.9. The fourth-order valence-corrected chi connectivity index (χ4v) is 4.87. The number of fused-ring (bicyclic) bond motifs is 1. The number of aromatic amines is 1. The zero-order valence-corrected chi connectivity index (χ0v) is 26.1. The van der Waals surface area contributed by atoms with Gasteiger partial charge in [-0.3, -0.25) is 19.2 Å². The molecule has 1 heterocycles. The number of hydrogen-bond acceptors (Lipinski definition) is 5. The number of aromatic nitrogens is 1. The molecule has 10 nitrogen and oxygen atoms in total. The van der Waals surface area contributed by atoms with Crippen molar-refractivity contribution in [2.24, 2.45) is 23.7 Å². The number of hydrogen-bond donors (Lipinski definition) is 6. The van der Waals surface area contributed by atoms with Crippen molar-refractivity contribution in [3.63, 3.8) is 0 Å². The van der Waals surface area contributed by atoms with Crippen LogP contribution in [0, 0.1) is 23.7 Å². The molecule has 0 aliphatic carbocycles. The molecule has 0 spiro atoms. The summed E-state index contributed by atoms with van der Waals surface area (Å²) in [7, 11) is 1.71. The van der Waals surface area contributed by atoms with Crippen molar-refractivity contribution in [1.29, 1.82) is 0 Å². The van der Waals surface area contributed by atoms with E-state index in [1.54, 1.807) is 7.05 Å². The van der Waals surface area contributed by atoms with E-state index in [-0.39, 0.29) is 35.5 Å². The fourth-order valence-electron chi connectivity index (χ4n) is 4.87. The minimum atomic E-state index is -0.883. The summed E-state index contributed by atoms with van der Waals surface area (Å²) in [4.78, 5) is 55.9. The van der Waals surface area contributed by atoms with Crippen LogP contribution in [0.25, 0.3) is 10.9 Å². The van der Waals surface area contributed by atoms with Crippen molar-refractivity contribution in [3.8, 4) is 0 Å². The molecule has 2 aromatic rings. The van der Waals surface area contributed by atoms with Crippen molar-refractivity contribution >= 4 is 34.5 Å². The minimum Gasteiger partial charge on any atom is -0.361 e. The van der Waals surface area contributed by atoms with Gasteiger partial charge in [0.05, 0.1) is 6.04 Å². The molecule has 0 unspecified atom stereocenters. The van der Waals surface area contributed by atoms with Crippen LogP contribution in [0.3, 0.4) is 0 Å². The van der Waals surface area contributed by atoms with E-state index in [1.165, 1.54) is 0 Å². The lowest BCUT2D eigenvalue weighted by molar-refractivity contribution is -0.136. The monoisotopic (exact) mass is 570 g/mol. The van der Waals surface area contributed by atoms with Gasteiger partial charge in [0, 0.05) is 23.6 Å². The minimum absolute atomic E-state index is 0.0338. The number of nitrogens with one attached hydrogen (secondary N) is 6. The average molecular weight is 571 g/mol. The zero-order valence-electron chi connectivity index (χ0n) is 26.1. The van der Waals surface area contributed by atoms with E-state index >= 15 is 0 Å². The third kappa shape index (κ3) is 9.31. The van der Waals surface area contributed by atoms with Crippen molar-refractivity contribution < 1.29 is 19.2 Å². The second-order valence-electron chi connectivity index (χ2n) is 12.1. The number of para-hydroxylation sites is 1. The molecule has 6 N–H and O–H groups in total. The maximum atomic E-state index is 13.4. The molecule has 4 amide bonds. The summed E-state index contributed by atoms with van der Waals surface area (Å²) in [5, 5.41) is 15.6. The Morgan fingerprint density at radius 2 is 1.10 bits per heavy atom. The van der Waals surface area contributed by atoms with E-state index < -0.39 is 36.0 Å². The quantitative estimate of drug-likeness (QED) is 0.195. The molecule has 10 heteroatoms. The highest BCUT2D eigenvalue weighted by Crippen LogP contribution is 2.18. The van der Waals surface area contributed by atoms with Crippen LogP contribution in [0.2, 0.25) is 0 Å². The van der Waals surface area contributed by atoms with E-state index in [0.717, 1.165) is 16.5 Å². The number of amides is 4. The Bertz CT molecular complexity index is 1170. The highest BCUT2D eigenvalue weighted by Gasteiger charge is 2.34. The summed E-state index contributed by atoms with van der Waals surface area (Å²) in [6, 6.07) is 5.08. The van der Waals surface area contributed by atoms with Crippen molar-refractivity contribution in [3.05, 3.63) is 36.0 Å². The molecule has 1 aromatic heterocycles. The molecule has 0 aliphatic rings. The lowest BCUT2D eigenvalue weighted by Crippen LogP contribution is -2.61. The largest absolute Gasteiger partial charge is 0.361 e. The predicted octanol–water partition coefficient (Wildman–Crippen LogP) is 2.49. The molecular weight excluding hydrogens is 520 g/mol. The lowest BCUT2D eigenvalue weighted by Gasteiger charge is -2.30. The molecule has 1 aromatic carbocycles. The third-order valence-corrected chi connectivity index (χ3v) is 7.37. The summed E-state index contributed by atoms with van der Waals surface area (Å²) in [6.07, 6.45) is 2.59. The Balaban J connectivity index is 2.05. The lowest BCUT2D eigenvalue weighted by atomic mass is 9.97. The van der Waals surface area contributed by atoms with E-state index in [0.29, 0.717) is 13.0 Å². The van der Waals surface area contributed by atoms with Crippen LogP contribution in [0.5, 0.6) is 0 Å². The number of H-pyrrole nitrogens is 1. The summed E-state index contributed by atoms with van der Waals surface area (Å²) in [5.41, 5.74) is 2.15. The van der Waals surface area contributed by atoms with Gasteiger partial charge in [-0.25, -0.2) is 0 Å². The van der Waals surface area contributed by atoms with Crippen LogP contribution >= 0.6 is 0 Å². The van der Waals surface area contributed by atoms with Crippen LogP contribution in [0.15, 0.2) is 30.5 Å². The first-order valence-corrected chi connectivity index (χ1v) is 14.7. The third-order valence-electron chi connectivity index (χ3n) is 7.37. The Hall–Kier alpha value is -3.40. The molecule has 0 radical (unpaired) electrons. The molecule has 0 saturated carbocycles. The topological polar surface area (TPSA) is 144 Å². The molecular formula is C31H50N6O4. The number of likely N-dealkylation sites (N-methyl/N-ethyl adjacent to an activating group) is 1. The highest BCUT2D eigenvalue weighted by molar-refractivity contribution is 5.95. The Kier molecular flexibility index (Phi) is 12.8. The van der Waals surface area contributed by atoms with Crippen molar-refractivity contribution in [2.45, 2.75) is 86.0 Å². The smallest absolute Gasteiger partial charge is 0.243 e. The standard InChI is InChI=1S/C31H50N6O4/c1-17(2)24(32-9)29(39)36-26(19(5)6)31(41)37-27(20(7)8)30(40)35-25(18(3)4)28(38)33-15-14-21-16-34-23-13-11-10-12-22(21)23/h10-13,16-20,24-27,32,34H,14-15H2,1-9H3,(H,33,38)(H,35,40)(H,36,39)(H,37,41)/t24-,25-,26-,27-/m0/s1. The van der Waals surface area contributed by atoms with Crippen molar-refractivity contribution in [2.75, 3.05) is 13.6 Å². The molecule has 2 rings (SSSR count). The van der Waals surface area contributed by atoms with Gasteiger partial charge in [0.1, 0.15) is 18.1 Å². The van der Waals surface area contributed by atoms with Gasteiger partial charge in [-0.2, -0.15) is 0 Å². The second kappa shape index (κ2) is 15.6.